The van der Waals surface area contributed by atoms with Crippen molar-refractivity contribution in [3.05, 3.63) is 23.7 Å². The molecule has 0 spiro atoms. The van der Waals surface area contributed by atoms with Crippen LogP contribution in [0, 0.1) is 12.8 Å². The maximum Gasteiger partial charge on any atom is 0.177 e. The molecule has 0 atom stereocenters. The van der Waals surface area contributed by atoms with Crippen LogP contribution < -0.4 is 5.73 Å². The molecule has 0 saturated heterocycles. The highest BCUT2D eigenvalue weighted by Crippen LogP contribution is 2.36. The third-order valence-electron chi connectivity index (χ3n) is 4.11. The van der Waals surface area contributed by atoms with Crippen LogP contribution in [0.2, 0.25) is 0 Å². The number of fused-ring (bicyclic) bond motifs is 1. The van der Waals surface area contributed by atoms with Gasteiger partial charge in [-0.25, -0.2) is 9.97 Å². The molecule has 3 N–H and O–H groups in total. The topological polar surface area (TPSA) is 67.6 Å². The van der Waals surface area contributed by atoms with E-state index in [1.165, 1.54) is 12.8 Å². The Bertz CT molecular complexity index is 564. The molecule has 1 aliphatic rings. The molecule has 0 bridgehead atoms. The Morgan fingerprint density at radius 1 is 1.39 bits per heavy atom. The number of H-pyrrole nitrogens is 1. The Kier molecular flexibility index (Phi) is 2.63. The highest BCUT2D eigenvalue weighted by Gasteiger charge is 2.34. The Hall–Kier alpha value is -1.42. The molecule has 18 heavy (non-hydrogen) atoms. The molecule has 2 aromatic heterocycles. The van der Waals surface area contributed by atoms with Gasteiger partial charge in [0, 0.05) is 6.20 Å². The second-order valence-corrected chi connectivity index (χ2v) is 5.81. The number of imidazole rings is 1. The van der Waals surface area contributed by atoms with Crippen molar-refractivity contribution >= 4 is 11.2 Å². The molecule has 3 rings (SSSR count). The number of rotatable bonds is 1. The number of nitrogens with one attached hydrogen (secondary N) is 1. The highest BCUT2D eigenvalue weighted by atomic mass is 15.0. The molecule has 4 nitrogen and oxygen atoms in total. The number of aromatic amines is 1. The molecule has 96 valence electrons. The van der Waals surface area contributed by atoms with Crippen molar-refractivity contribution in [1.82, 2.24) is 15.0 Å². The average Bonchev–Trinajstić information content (AvgIpc) is 2.77. The third-order valence-corrected chi connectivity index (χ3v) is 4.11. The van der Waals surface area contributed by atoms with E-state index >= 15 is 0 Å². The fraction of sp³-hybridized carbons (Fsp3) is 0.571. The van der Waals surface area contributed by atoms with Gasteiger partial charge >= 0.3 is 0 Å². The van der Waals surface area contributed by atoms with E-state index in [-0.39, 0.29) is 5.54 Å². The molecular formula is C14H20N4. The highest BCUT2D eigenvalue weighted by molar-refractivity contribution is 5.71. The van der Waals surface area contributed by atoms with Gasteiger partial charge in [0.05, 0.1) is 11.1 Å². The molecule has 2 heterocycles. The van der Waals surface area contributed by atoms with E-state index in [9.17, 15) is 0 Å². The summed E-state index contributed by atoms with van der Waals surface area (Å²) >= 11 is 0. The Labute approximate surface area is 107 Å². The lowest BCUT2D eigenvalue weighted by molar-refractivity contribution is 0.238. The monoisotopic (exact) mass is 244 g/mol. The predicted octanol–water partition coefficient (Wildman–Crippen LogP) is 2.63. The van der Waals surface area contributed by atoms with Crippen molar-refractivity contribution in [2.24, 2.45) is 11.7 Å². The van der Waals surface area contributed by atoms with E-state index < -0.39 is 0 Å². The SMILES string of the molecule is Cc1cnc2nc(C3(N)CCC(C)CC3)[nH]c2c1. The van der Waals surface area contributed by atoms with Crippen molar-refractivity contribution in [2.75, 3.05) is 0 Å². The zero-order valence-corrected chi connectivity index (χ0v) is 11.0. The zero-order valence-electron chi connectivity index (χ0n) is 11.0. The van der Waals surface area contributed by atoms with Gasteiger partial charge in [-0.05, 0) is 50.2 Å². The molecule has 0 radical (unpaired) electrons. The number of hydrogen-bond donors (Lipinski definition) is 2. The fourth-order valence-corrected chi connectivity index (χ4v) is 2.75. The number of aryl methyl sites for hydroxylation is 1. The summed E-state index contributed by atoms with van der Waals surface area (Å²) in [7, 11) is 0. The lowest BCUT2D eigenvalue weighted by Gasteiger charge is -2.34. The predicted molar refractivity (Wildman–Crippen MR) is 72.1 cm³/mol. The van der Waals surface area contributed by atoms with E-state index in [1.807, 2.05) is 13.1 Å². The van der Waals surface area contributed by atoms with Crippen LogP contribution >= 0.6 is 0 Å². The number of pyridine rings is 1. The van der Waals surface area contributed by atoms with E-state index in [2.05, 4.69) is 27.9 Å². The largest absolute Gasteiger partial charge is 0.339 e. The summed E-state index contributed by atoms with van der Waals surface area (Å²) in [5.41, 5.74) is 9.14. The van der Waals surface area contributed by atoms with Crippen LogP contribution in [-0.2, 0) is 5.54 Å². The van der Waals surface area contributed by atoms with E-state index in [4.69, 9.17) is 5.73 Å². The van der Waals surface area contributed by atoms with Crippen molar-refractivity contribution in [2.45, 2.75) is 45.1 Å². The van der Waals surface area contributed by atoms with Gasteiger partial charge in [0.1, 0.15) is 5.82 Å². The number of hydrogen-bond acceptors (Lipinski definition) is 3. The summed E-state index contributed by atoms with van der Waals surface area (Å²) in [6, 6.07) is 2.08. The molecule has 0 aliphatic heterocycles. The fourth-order valence-electron chi connectivity index (χ4n) is 2.75. The van der Waals surface area contributed by atoms with Crippen LogP contribution in [0.15, 0.2) is 12.3 Å². The molecule has 2 aromatic rings. The number of nitrogens with two attached hydrogens (primary N) is 1. The Morgan fingerprint density at radius 3 is 2.83 bits per heavy atom. The van der Waals surface area contributed by atoms with Crippen molar-refractivity contribution in [3.63, 3.8) is 0 Å². The van der Waals surface area contributed by atoms with Crippen LogP contribution in [0.4, 0.5) is 0 Å². The van der Waals surface area contributed by atoms with Crippen LogP contribution in [0.25, 0.3) is 11.2 Å². The average molecular weight is 244 g/mol. The number of nitrogens with zero attached hydrogens (tertiary/aromatic N) is 2. The summed E-state index contributed by atoms with van der Waals surface area (Å²) < 4.78 is 0. The minimum absolute atomic E-state index is 0.291. The first kappa shape index (κ1) is 11.7. The molecule has 0 aromatic carbocycles. The van der Waals surface area contributed by atoms with Gasteiger partial charge in [-0.3, -0.25) is 0 Å². The van der Waals surface area contributed by atoms with Crippen LogP contribution in [-0.4, -0.2) is 15.0 Å². The summed E-state index contributed by atoms with van der Waals surface area (Å²) in [6.45, 7) is 4.33. The first-order chi connectivity index (χ1) is 8.57. The van der Waals surface area contributed by atoms with Gasteiger partial charge in [-0.2, -0.15) is 0 Å². The summed E-state index contributed by atoms with van der Waals surface area (Å²) in [5, 5.41) is 0. The molecular weight excluding hydrogens is 224 g/mol. The smallest absolute Gasteiger partial charge is 0.177 e. The van der Waals surface area contributed by atoms with Crippen LogP contribution in [0.5, 0.6) is 0 Å². The van der Waals surface area contributed by atoms with E-state index in [1.54, 1.807) is 0 Å². The molecule has 1 aliphatic carbocycles. The quantitative estimate of drug-likeness (QED) is 0.810. The summed E-state index contributed by atoms with van der Waals surface area (Å²) in [5.74, 6) is 1.69. The van der Waals surface area contributed by atoms with Crippen molar-refractivity contribution in [3.8, 4) is 0 Å². The van der Waals surface area contributed by atoms with E-state index in [0.717, 1.165) is 41.3 Å². The minimum atomic E-state index is -0.291. The first-order valence-electron chi connectivity index (χ1n) is 6.68. The van der Waals surface area contributed by atoms with Crippen LogP contribution in [0.1, 0.15) is 44.0 Å². The molecule has 1 fully saturated rings. The van der Waals surface area contributed by atoms with Gasteiger partial charge in [0.15, 0.2) is 5.65 Å². The Balaban J connectivity index is 1.98. The lowest BCUT2D eigenvalue weighted by Crippen LogP contribution is -2.41. The third kappa shape index (κ3) is 1.90. The normalized spacial score (nSPS) is 28.7. The number of aromatic nitrogens is 3. The molecule has 4 heteroatoms. The zero-order chi connectivity index (χ0) is 12.8. The summed E-state index contributed by atoms with van der Waals surface area (Å²) in [6.07, 6.45) is 6.22. The van der Waals surface area contributed by atoms with Gasteiger partial charge in [0.25, 0.3) is 0 Å². The van der Waals surface area contributed by atoms with Gasteiger partial charge in [-0.15, -0.1) is 0 Å². The standard InChI is InChI=1S/C14H20N4/c1-9-3-5-14(15,6-4-9)13-17-11-7-10(2)8-16-12(11)18-13/h7-9H,3-6,15H2,1-2H3,(H,16,17,18). The maximum absolute atomic E-state index is 6.52. The van der Waals surface area contributed by atoms with E-state index in [0.29, 0.717) is 0 Å². The van der Waals surface area contributed by atoms with Gasteiger partial charge in [-0.1, -0.05) is 6.92 Å². The molecule has 0 unspecified atom stereocenters. The van der Waals surface area contributed by atoms with Gasteiger partial charge in [0.2, 0.25) is 0 Å². The first-order valence-corrected chi connectivity index (χ1v) is 6.68. The Morgan fingerprint density at radius 2 is 2.11 bits per heavy atom. The minimum Gasteiger partial charge on any atom is -0.339 e. The summed E-state index contributed by atoms with van der Waals surface area (Å²) in [4.78, 5) is 12.3. The maximum atomic E-state index is 6.52. The van der Waals surface area contributed by atoms with Crippen LogP contribution in [0.3, 0.4) is 0 Å². The molecule has 1 saturated carbocycles. The second-order valence-electron chi connectivity index (χ2n) is 5.81. The second kappa shape index (κ2) is 4.05. The lowest BCUT2D eigenvalue weighted by atomic mass is 9.77. The van der Waals surface area contributed by atoms with Crippen molar-refractivity contribution in [1.29, 1.82) is 0 Å². The van der Waals surface area contributed by atoms with Gasteiger partial charge < -0.3 is 10.7 Å². The van der Waals surface area contributed by atoms with Crippen molar-refractivity contribution < 1.29 is 0 Å². The molecule has 0 amide bonds.